The fraction of sp³-hybridized carbons (Fsp3) is 0.415. The van der Waals surface area contributed by atoms with E-state index in [9.17, 15) is 23.6 Å². The highest BCUT2D eigenvalue weighted by Crippen LogP contribution is 2.36. The second kappa shape index (κ2) is 16.6. The number of likely N-dealkylation sites (tertiary alicyclic amines) is 1. The topological polar surface area (TPSA) is 150 Å². The van der Waals surface area contributed by atoms with Crippen molar-refractivity contribution in [1.82, 2.24) is 30.0 Å². The molecule has 2 N–H and O–H groups in total. The number of rotatable bonds is 12. The molecule has 0 aliphatic carbocycles. The number of imide groups is 2. The van der Waals surface area contributed by atoms with E-state index in [1.165, 1.54) is 18.5 Å². The molecule has 0 spiro atoms. The van der Waals surface area contributed by atoms with Gasteiger partial charge < -0.3 is 24.6 Å². The minimum Gasteiger partial charge on any atom is -0.493 e. The van der Waals surface area contributed by atoms with Gasteiger partial charge in [0.2, 0.25) is 11.8 Å². The summed E-state index contributed by atoms with van der Waals surface area (Å²) in [5.74, 6) is -0.124. The number of carbonyl (C=O) groups is 4. The fourth-order valence-corrected chi connectivity index (χ4v) is 8.40. The molecule has 3 aromatic carbocycles. The normalized spacial score (nSPS) is 19.6. The molecule has 0 radical (unpaired) electrons. The maximum absolute atomic E-state index is 13.7. The lowest BCUT2D eigenvalue weighted by atomic mass is 9.95. The van der Waals surface area contributed by atoms with E-state index in [4.69, 9.17) is 21.1 Å². The van der Waals surface area contributed by atoms with Crippen molar-refractivity contribution >= 4 is 63.3 Å². The number of hydrogen-bond acceptors (Lipinski definition) is 12. The van der Waals surface area contributed by atoms with Crippen molar-refractivity contribution in [3.63, 3.8) is 0 Å². The molecule has 5 heterocycles. The van der Waals surface area contributed by atoms with Crippen LogP contribution < -0.4 is 25.0 Å². The summed E-state index contributed by atoms with van der Waals surface area (Å²) in [5.41, 5.74) is 2.77. The van der Waals surface area contributed by atoms with Crippen molar-refractivity contribution in [2.24, 2.45) is 5.92 Å². The van der Waals surface area contributed by atoms with Crippen LogP contribution in [0.2, 0.25) is 5.02 Å². The number of aromatic nitrogens is 2. The summed E-state index contributed by atoms with van der Waals surface area (Å²) in [6, 6.07) is 12.4. The number of benzene rings is 3. The second-order valence-electron chi connectivity index (χ2n) is 14.9. The number of carbonyl (C=O) groups excluding carboxylic acids is 4. The highest BCUT2D eigenvalue weighted by atomic mass is 35.5. The molecule has 16 heteroatoms. The first-order valence-electron chi connectivity index (χ1n) is 19.4. The molecular formula is C41H44ClFN8O6. The van der Waals surface area contributed by atoms with E-state index in [2.05, 4.69) is 35.3 Å². The maximum Gasteiger partial charge on any atom is 0.262 e. The first-order valence-corrected chi connectivity index (χ1v) is 19.8. The fourth-order valence-electron chi connectivity index (χ4n) is 8.22. The molecule has 3 fully saturated rings. The van der Waals surface area contributed by atoms with Crippen LogP contribution in [0.15, 0.2) is 54.9 Å². The smallest absolute Gasteiger partial charge is 0.262 e. The number of nitrogens with zero attached hydrogens (tertiary/aromatic N) is 6. The van der Waals surface area contributed by atoms with E-state index >= 15 is 0 Å². The lowest BCUT2D eigenvalue weighted by Gasteiger charge is -2.39. The van der Waals surface area contributed by atoms with Crippen molar-refractivity contribution in [3.8, 4) is 11.5 Å². The van der Waals surface area contributed by atoms with Gasteiger partial charge in [0.25, 0.3) is 11.8 Å². The van der Waals surface area contributed by atoms with Crippen LogP contribution in [0.1, 0.15) is 52.8 Å². The Labute approximate surface area is 334 Å². The number of anilines is 3. The minimum atomic E-state index is -0.971. The monoisotopic (exact) mass is 798 g/mol. The third kappa shape index (κ3) is 8.22. The van der Waals surface area contributed by atoms with E-state index in [-0.39, 0.29) is 17.9 Å². The van der Waals surface area contributed by atoms with Crippen molar-refractivity contribution in [2.45, 2.75) is 38.1 Å². The van der Waals surface area contributed by atoms with Gasteiger partial charge in [0.15, 0.2) is 11.5 Å². The van der Waals surface area contributed by atoms with Gasteiger partial charge in [0.05, 0.1) is 35.4 Å². The molecule has 57 heavy (non-hydrogen) atoms. The Morgan fingerprint density at radius 1 is 0.877 bits per heavy atom. The lowest BCUT2D eigenvalue weighted by Crippen LogP contribution is -2.54. The molecule has 0 bridgehead atoms. The zero-order valence-corrected chi connectivity index (χ0v) is 32.4. The molecule has 8 rings (SSSR count). The molecular weight excluding hydrogens is 755 g/mol. The largest absolute Gasteiger partial charge is 0.493 e. The zero-order valence-electron chi connectivity index (χ0n) is 31.6. The Morgan fingerprint density at radius 3 is 2.42 bits per heavy atom. The number of nitrogens with one attached hydrogen (secondary N) is 2. The van der Waals surface area contributed by atoms with Gasteiger partial charge in [-0.15, -0.1) is 0 Å². The van der Waals surface area contributed by atoms with Crippen LogP contribution in [0.3, 0.4) is 0 Å². The number of amides is 4. The molecule has 4 aromatic rings. The third-order valence-corrected chi connectivity index (χ3v) is 11.7. The van der Waals surface area contributed by atoms with Crippen LogP contribution in [0.5, 0.6) is 11.5 Å². The Morgan fingerprint density at radius 2 is 1.67 bits per heavy atom. The van der Waals surface area contributed by atoms with Crippen LogP contribution in [0, 0.1) is 11.7 Å². The Hall–Kier alpha value is -5.38. The predicted molar refractivity (Wildman–Crippen MR) is 212 cm³/mol. The molecule has 1 aromatic heterocycles. The van der Waals surface area contributed by atoms with E-state index in [1.54, 1.807) is 25.3 Å². The van der Waals surface area contributed by atoms with E-state index in [0.29, 0.717) is 52.2 Å². The van der Waals surface area contributed by atoms with Crippen molar-refractivity contribution in [1.29, 1.82) is 0 Å². The van der Waals surface area contributed by atoms with Gasteiger partial charge in [-0.1, -0.05) is 11.6 Å². The molecule has 4 amide bonds. The van der Waals surface area contributed by atoms with Crippen LogP contribution in [-0.2, 0) is 9.59 Å². The summed E-state index contributed by atoms with van der Waals surface area (Å²) in [6.07, 6.45) is 4.82. The van der Waals surface area contributed by atoms with Gasteiger partial charge in [0.1, 0.15) is 24.0 Å². The minimum absolute atomic E-state index is 0.0159. The number of halogens is 2. The van der Waals surface area contributed by atoms with E-state index < -0.39 is 35.5 Å². The predicted octanol–water partition coefficient (Wildman–Crippen LogP) is 4.88. The molecule has 3 saturated heterocycles. The van der Waals surface area contributed by atoms with Gasteiger partial charge in [-0.2, -0.15) is 0 Å². The van der Waals surface area contributed by atoms with Gasteiger partial charge in [-0.25, -0.2) is 14.4 Å². The van der Waals surface area contributed by atoms with Gasteiger partial charge in [0, 0.05) is 68.5 Å². The van der Waals surface area contributed by atoms with Gasteiger partial charge in [-0.05, 0) is 87.2 Å². The van der Waals surface area contributed by atoms with Crippen molar-refractivity contribution in [3.05, 3.63) is 76.8 Å². The quantitative estimate of drug-likeness (QED) is 0.149. The Kier molecular flexibility index (Phi) is 11.2. The molecule has 1 atom stereocenters. The number of hydrogen-bond donors (Lipinski definition) is 2. The Balaban J connectivity index is 0.777. The van der Waals surface area contributed by atoms with Crippen LogP contribution >= 0.6 is 11.6 Å². The standard InChI is InChI=1S/C41H44ClFN8O6/c1-56-35-22-33-30(38(45-24-44-33)46-26-3-6-32(43)31(42)19-26)21-36(35)57-18-2-11-48-12-9-25(10-13-48)23-49-14-16-50(17-15-49)27-4-5-28-29(20-27)41(55)51(40(28)54)34-7-8-37(52)47-39(34)53/h3-6,19-22,24-25,34H,2,7-18,23H2,1H3,(H,44,45,46)(H,47,52,53). The lowest BCUT2D eigenvalue weighted by molar-refractivity contribution is -0.136. The maximum atomic E-state index is 13.7. The molecule has 4 aliphatic rings. The van der Waals surface area contributed by atoms with Crippen molar-refractivity contribution < 1.29 is 33.0 Å². The van der Waals surface area contributed by atoms with Crippen LogP contribution in [0.4, 0.5) is 21.6 Å². The number of piperazine rings is 1. The van der Waals surface area contributed by atoms with E-state index in [0.717, 1.165) is 87.6 Å². The van der Waals surface area contributed by atoms with Crippen LogP contribution in [-0.4, -0.2) is 120 Å². The molecule has 0 saturated carbocycles. The highest BCUT2D eigenvalue weighted by molar-refractivity contribution is 6.31. The van der Waals surface area contributed by atoms with Gasteiger partial charge in [-0.3, -0.25) is 34.3 Å². The molecule has 298 valence electrons. The summed E-state index contributed by atoms with van der Waals surface area (Å²) in [5, 5.41) is 6.19. The first kappa shape index (κ1) is 38.5. The molecule has 1 unspecified atom stereocenters. The van der Waals surface area contributed by atoms with E-state index in [1.807, 2.05) is 18.2 Å². The highest BCUT2D eigenvalue weighted by Gasteiger charge is 2.45. The molecule has 14 nitrogen and oxygen atoms in total. The number of fused-ring (bicyclic) bond motifs is 2. The third-order valence-electron chi connectivity index (χ3n) is 11.4. The van der Waals surface area contributed by atoms with Gasteiger partial charge >= 0.3 is 0 Å². The summed E-state index contributed by atoms with van der Waals surface area (Å²) in [4.78, 5) is 67.5. The zero-order chi connectivity index (χ0) is 39.6. The number of ether oxygens (including phenoxy) is 2. The summed E-state index contributed by atoms with van der Waals surface area (Å²) in [7, 11) is 1.60. The van der Waals surface area contributed by atoms with Crippen LogP contribution in [0.25, 0.3) is 10.9 Å². The second-order valence-corrected chi connectivity index (χ2v) is 15.4. The number of piperidine rings is 2. The summed E-state index contributed by atoms with van der Waals surface area (Å²) in [6.45, 7) is 8.03. The SMILES string of the molecule is COc1cc2ncnc(Nc3ccc(F)c(Cl)c3)c2cc1OCCCN1CCC(CN2CCN(c3ccc4c(c3)C(=O)N(C3CCC(=O)NC3=O)C4=O)CC2)CC1. The summed E-state index contributed by atoms with van der Waals surface area (Å²) >= 11 is 5.98. The van der Waals surface area contributed by atoms with Crippen molar-refractivity contribution in [2.75, 3.05) is 76.3 Å². The average Bonchev–Trinajstić information content (AvgIpc) is 3.46. The number of methoxy groups -OCH3 is 1. The average molecular weight is 799 g/mol. The first-order chi connectivity index (χ1) is 27.6. The molecule has 4 aliphatic heterocycles. The summed E-state index contributed by atoms with van der Waals surface area (Å²) < 4.78 is 25.5. The Bertz CT molecular complexity index is 2210.